The number of rotatable bonds is 0. The molecule has 1 heteroatoms. The summed E-state index contributed by atoms with van der Waals surface area (Å²) in [6, 6.07) is 0. The van der Waals surface area contributed by atoms with Crippen LogP contribution >= 0.6 is 22.6 Å². The highest BCUT2D eigenvalue weighted by atomic mass is 127. The molecule has 0 N–H and O–H groups in total. The summed E-state index contributed by atoms with van der Waals surface area (Å²) in [5.74, 6) is 0. The fraction of sp³-hybridized carbons (Fsp3) is 0.833. The van der Waals surface area contributed by atoms with Crippen molar-refractivity contribution in [2.75, 3.05) is 0 Å². The number of halogens is 1. The molecule has 0 spiro atoms. The number of hydrogen-bond donors (Lipinski definition) is 0. The summed E-state index contributed by atoms with van der Waals surface area (Å²) < 4.78 is 1.68. The molecule has 1 aliphatic rings. The van der Waals surface area contributed by atoms with Gasteiger partial charge in [-0.15, -0.1) is 0 Å². The monoisotopic (exact) mass is 209 g/mol. The summed E-state index contributed by atoms with van der Waals surface area (Å²) >= 11 is 2.47. The lowest BCUT2D eigenvalue weighted by Crippen LogP contribution is -1.94. The highest BCUT2D eigenvalue weighted by molar-refractivity contribution is 14.1. The van der Waals surface area contributed by atoms with Crippen LogP contribution in [0.4, 0.5) is 0 Å². The summed E-state index contributed by atoms with van der Waals surface area (Å²) in [5.41, 5.74) is 0. The summed E-state index contributed by atoms with van der Waals surface area (Å²) in [6.45, 7) is 0. The lowest BCUT2D eigenvalue weighted by molar-refractivity contribution is 0.586. The molecule has 0 aromatic carbocycles. The van der Waals surface area contributed by atoms with Crippen LogP contribution in [0.15, 0.2) is 0 Å². The smallest absolute Gasteiger partial charge is 0.0367 e. The zero-order chi connectivity index (χ0) is 5.11. The molecule has 7 heavy (non-hydrogen) atoms. The molecule has 0 atom stereocenters. The maximum absolute atomic E-state index is 2.47. The molecule has 0 unspecified atom stereocenters. The highest BCUT2D eigenvalue weighted by Gasteiger charge is 2.08. The van der Waals surface area contributed by atoms with Crippen molar-refractivity contribution in [1.29, 1.82) is 0 Å². The standard InChI is InChI=1S/C6H10I/c7-6-4-2-1-3-5-6/h1-5H2. The van der Waals surface area contributed by atoms with Crippen molar-refractivity contribution >= 4 is 22.6 Å². The maximum atomic E-state index is 2.47. The molecule has 1 radical (unpaired) electrons. The van der Waals surface area contributed by atoms with Crippen LogP contribution in [-0.4, -0.2) is 0 Å². The Bertz CT molecular complexity index is 46.1. The van der Waals surface area contributed by atoms with Gasteiger partial charge in [-0.25, -0.2) is 0 Å². The third-order valence-electron chi connectivity index (χ3n) is 1.40. The van der Waals surface area contributed by atoms with E-state index in [9.17, 15) is 0 Å². The first-order chi connectivity index (χ1) is 3.39. The first-order valence-electron chi connectivity index (χ1n) is 2.90. The van der Waals surface area contributed by atoms with Crippen LogP contribution in [-0.2, 0) is 0 Å². The minimum absolute atomic E-state index is 1.39. The van der Waals surface area contributed by atoms with Gasteiger partial charge in [0, 0.05) is 3.92 Å². The van der Waals surface area contributed by atoms with Crippen molar-refractivity contribution in [3.8, 4) is 0 Å². The Kier molecular flexibility index (Phi) is 2.43. The van der Waals surface area contributed by atoms with Crippen molar-refractivity contribution < 1.29 is 0 Å². The lowest BCUT2D eigenvalue weighted by Gasteiger charge is -2.13. The van der Waals surface area contributed by atoms with Crippen LogP contribution in [0.1, 0.15) is 32.1 Å². The molecule has 41 valence electrons. The van der Waals surface area contributed by atoms with Crippen LogP contribution in [0.3, 0.4) is 0 Å². The second kappa shape index (κ2) is 2.90. The van der Waals surface area contributed by atoms with Gasteiger partial charge in [-0.1, -0.05) is 41.9 Å². The average molecular weight is 209 g/mol. The van der Waals surface area contributed by atoms with Crippen molar-refractivity contribution in [2.24, 2.45) is 0 Å². The number of hydrogen-bond acceptors (Lipinski definition) is 0. The van der Waals surface area contributed by atoms with Gasteiger partial charge in [-0.3, -0.25) is 0 Å². The van der Waals surface area contributed by atoms with Crippen molar-refractivity contribution in [2.45, 2.75) is 32.1 Å². The molecule has 0 heterocycles. The van der Waals surface area contributed by atoms with Crippen LogP contribution in [0.25, 0.3) is 0 Å². The van der Waals surface area contributed by atoms with Crippen molar-refractivity contribution in [1.82, 2.24) is 0 Å². The van der Waals surface area contributed by atoms with E-state index in [1.54, 1.807) is 3.92 Å². The van der Waals surface area contributed by atoms with Gasteiger partial charge < -0.3 is 0 Å². The molecular weight excluding hydrogens is 199 g/mol. The molecule has 1 saturated carbocycles. The Labute approximate surface area is 58.8 Å². The molecule has 1 aliphatic carbocycles. The van der Waals surface area contributed by atoms with E-state index in [2.05, 4.69) is 22.6 Å². The van der Waals surface area contributed by atoms with Crippen LogP contribution < -0.4 is 0 Å². The average Bonchev–Trinajstić information content (AvgIpc) is 1.69. The molecule has 0 amide bonds. The summed E-state index contributed by atoms with van der Waals surface area (Å²) in [4.78, 5) is 0. The van der Waals surface area contributed by atoms with E-state index in [4.69, 9.17) is 0 Å². The van der Waals surface area contributed by atoms with E-state index in [1.165, 1.54) is 32.1 Å². The molecule has 0 aromatic heterocycles. The maximum Gasteiger partial charge on any atom is 0.0367 e. The van der Waals surface area contributed by atoms with E-state index < -0.39 is 0 Å². The van der Waals surface area contributed by atoms with Gasteiger partial charge in [0.25, 0.3) is 0 Å². The quantitative estimate of drug-likeness (QED) is 0.538. The topological polar surface area (TPSA) is 0 Å². The molecule has 1 rings (SSSR count). The second-order valence-electron chi connectivity index (χ2n) is 2.08. The molecule has 1 fully saturated rings. The van der Waals surface area contributed by atoms with E-state index in [0.717, 1.165) is 0 Å². The normalized spacial score (nSPS) is 25.3. The van der Waals surface area contributed by atoms with Gasteiger partial charge in [0.15, 0.2) is 0 Å². The van der Waals surface area contributed by atoms with Gasteiger partial charge in [0.2, 0.25) is 0 Å². The Hall–Kier alpha value is 0.730. The van der Waals surface area contributed by atoms with Gasteiger partial charge in [0.05, 0.1) is 0 Å². The van der Waals surface area contributed by atoms with Crippen LogP contribution in [0.5, 0.6) is 0 Å². The summed E-state index contributed by atoms with van der Waals surface area (Å²) in [7, 11) is 0. The van der Waals surface area contributed by atoms with Gasteiger partial charge in [0.1, 0.15) is 0 Å². The molecule has 0 nitrogen and oxygen atoms in total. The largest absolute Gasteiger partial charge is 0.0774 e. The Morgan fingerprint density at radius 1 is 1.00 bits per heavy atom. The lowest BCUT2D eigenvalue weighted by atomic mass is 10.0. The molecule has 0 bridgehead atoms. The van der Waals surface area contributed by atoms with Gasteiger partial charge in [-0.2, -0.15) is 0 Å². The first kappa shape index (κ1) is 5.86. The van der Waals surface area contributed by atoms with Gasteiger partial charge in [-0.05, 0) is 12.8 Å². The fourth-order valence-electron chi connectivity index (χ4n) is 0.935. The second-order valence-corrected chi connectivity index (χ2v) is 3.60. The van der Waals surface area contributed by atoms with E-state index in [1.807, 2.05) is 0 Å². The predicted molar refractivity (Wildman–Crippen MR) is 40.3 cm³/mol. The predicted octanol–water partition coefficient (Wildman–Crippen LogP) is 2.92. The Morgan fingerprint density at radius 3 is 1.86 bits per heavy atom. The SMILES string of the molecule is I[C]1CCCCC1. The fourth-order valence-corrected chi connectivity index (χ4v) is 1.70. The molecule has 0 aliphatic heterocycles. The minimum atomic E-state index is 1.39. The van der Waals surface area contributed by atoms with E-state index in [-0.39, 0.29) is 0 Å². The van der Waals surface area contributed by atoms with Crippen LogP contribution in [0.2, 0.25) is 0 Å². The minimum Gasteiger partial charge on any atom is -0.0774 e. The Balaban J connectivity index is 2.12. The summed E-state index contributed by atoms with van der Waals surface area (Å²) in [5, 5.41) is 0. The zero-order valence-corrected chi connectivity index (χ0v) is 6.57. The Morgan fingerprint density at radius 2 is 1.57 bits per heavy atom. The third kappa shape index (κ3) is 1.98. The first-order valence-corrected chi connectivity index (χ1v) is 3.97. The molecule has 0 aromatic rings. The van der Waals surface area contributed by atoms with E-state index in [0.29, 0.717) is 0 Å². The zero-order valence-electron chi connectivity index (χ0n) is 4.41. The summed E-state index contributed by atoms with van der Waals surface area (Å²) in [6.07, 6.45) is 7.13. The van der Waals surface area contributed by atoms with Crippen LogP contribution in [0, 0.1) is 3.92 Å². The van der Waals surface area contributed by atoms with Crippen molar-refractivity contribution in [3.63, 3.8) is 0 Å². The molecule has 0 saturated heterocycles. The highest BCUT2D eigenvalue weighted by Crippen LogP contribution is 2.30. The van der Waals surface area contributed by atoms with Crippen molar-refractivity contribution in [3.05, 3.63) is 3.92 Å². The van der Waals surface area contributed by atoms with Gasteiger partial charge >= 0.3 is 0 Å². The van der Waals surface area contributed by atoms with E-state index >= 15 is 0 Å². The molecular formula is C6H10I. The third-order valence-corrected chi connectivity index (χ3v) is 2.47.